The molecule has 132 valence electrons. The molecule has 1 saturated heterocycles. The van der Waals surface area contributed by atoms with Crippen LogP contribution >= 0.6 is 0 Å². The topological polar surface area (TPSA) is 73.1 Å². The molecule has 4 rings (SSSR count). The number of pyridine rings is 1. The molecule has 0 spiro atoms. The highest BCUT2D eigenvalue weighted by atomic mass is 16.5. The van der Waals surface area contributed by atoms with Crippen LogP contribution in [0.3, 0.4) is 0 Å². The number of hydrogen-bond donors (Lipinski definition) is 0. The van der Waals surface area contributed by atoms with E-state index in [0.717, 1.165) is 57.0 Å². The van der Waals surface area contributed by atoms with E-state index in [0.29, 0.717) is 23.9 Å². The largest absolute Gasteiger partial charge is 0.462 e. The molecule has 0 radical (unpaired) electrons. The van der Waals surface area contributed by atoms with Gasteiger partial charge in [0.2, 0.25) is 0 Å². The first-order chi connectivity index (χ1) is 12.3. The molecule has 2 aromatic heterocycles. The quantitative estimate of drug-likeness (QED) is 0.794. The van der Waals surface area contributed by atoms with Crippen LogP contribution in [0.15, 0.2) is 18.3 Å². The molecule has 2 aromatic rings. The SMILES string of the molecule is CCOC(=O)c1cccnc1N1CCCC(c2nnc3n2CCC3)C1. The number of carbonyl (C=O) groups excluding carboxylic acids is 1. The van der Waals surface area contributed by atoms with E-state index in [9.17, 15) is 4.79 Å². The summed E-state index contributed by atoms with van der Waals surface area (Å²) in [6.45, 7) is 4.90. The number of nitrogens with zero attached hydrogens (tertiary/aromatic N) is 5. The molecule has 7 nitrogen and oxygen atoms in total. The molecule has 0 aromatic carbocycles. The van der Waals surface area contributed by atoms with E-state index in [1.54, 1.807) is 18.3 Å². The Morgan fingerprint density at radius 1 is 1.32 bits per heavy atom. The maximum absolute atomic E-state index is 12.3. The maximum atomic E-state index is 12.3. The standard InChI is InChI=1S/C18H23N5O2/c1-2-25-18(24)14-7-3-9-19-17(14)22-10-4-6-13(12-22)16-21-20-15-8-5-11-23(15)16/h3,7,9,13H,2,4-6,8,10-12H2,1H3. The normalized spacial score (nSPS) is 19.7. The molecular weight excluding hydrogens is 318 g/mol. The van der Waals surface area contributed by atoms with Crippen LogP contribution in [0.2, 0.25) is 0 Å². The van der Waals surface area contributed by atoms with E-state index in [1.165, 1.54) is 0 Å². The molecule has 7 heteroatoms. The van der Waals surface area contributed by atoms with Crippen molar-refractivity contribution in [3.05, 3.63) is 35.5 Å². The number of rotatable bonds is 4. The molecule has 4 heterocycles. The first kappa shape index (κ1) is 16.1. The van der Waals surface area contributed by atoms with E-state index in [4.69, 9.17) is 4.74 Å². The van der Waals surface area contributed by atoms with Crippen LogP contribution in [0.25, 0.3) is 0 Å². The zero-order chi connectivity index (χ0) is 17.2. The Morgan fingerprint density at radius 2 is 2.24 bits per heavy atom. The Morgan fingerprint density at radius 3 is 3.12 bits per heavy atom. The smallest absolute Gasteiger partial charge is 0.341 e. The number of esters is 1. The monoisotopic (exact) mass is 341 g/mol. The molecule has 1 unspecified atom stereocenters. The number of carbonyl (C=O) groups is 1. The van der Waals surface area contributed by atoms with Gasteiger partial charge >= 0.3 is 5.97 Å². The van der Waals surface area contributed by atoms with Gasteiger partial charge in [0.05, 0.1) is 6.61 Å². The lowest BCUT2D eigenvalue weighted by Gasteiger charge is -2.33. The summed E-state index contributed by atoms with van der Waals surface area (Å²) in [5.74, 6) is 2.93. The lowest BCUT2D eigenvalue weighted by molar-refractivity contribution is 0.0526. The van der Waals surface area contributed by atoms with Crippen LogP contribution in [0.5, 0.6) is 0 Å². The van der Waals surface area contributed by atoms with E-state index >= 15 is 0 Å². The molecule has 1 fully saturated rings. The number of aromatic nitrogens is 4. The molecule has 25 heavy (non-hydrogen) atoms. The predicted octanol–water partition coefficient (Wildman–Crippen LogP) is 2.18. The zero-order valence-electron chi connectivity index (χ0n) is 14.5. The summed E-state index contributed by atoms with van der Waals surface area (Å²) in [6.07, 6.45) is 6.05. The van der Waals surface area contributed by atoms with Crippen molar-refractivity contribution in [2.75, 3.05) is 24.6 Å². The van der Waals surface area contributed by atoms with E-state index < -0.39 is 0 Å². The van der Waals surface area contributed by atoms with Crippen molar-refractivity contribution in [3.63, 3.8) is 0 Å². The Kier molecular flexibility index (Phi) is 4.38. The molecule has 1 atom stereocenters. The molecule has 0 amide bonds. The summed E-state index contributed by atoms with van der Waals surface area (Å²) in [7, 11) is 0. The van der Waals surface area contributed by atoms with Gasteiger partial charge in [0.25, 0.3) is 0 Å². The van der Waals surface area contributed by atoms with E-state index in [-0.39, 0.29) is 5.97 Å². The van der Waals surface area contributed by atoms with Crippen LogP contribution in [-0.4, -0.2) is 45.4 Å². The van der Waals surface area contributed by atoms with Gasteiger partial charge in [-0.3, -0.25) is 0 Å². The number of hydrogen-bond acceptors (Lipinski definition) is 6. The summed E-state index contributed by atoms with van der Waals surface area (Å²) in [5, 5.41) is 8.80. The lowest BCUT2D eigenvalue weighted by Crippen LogP contribution is -2.37. The minimum absolute atomic E-state index is 0.309. The lowest BCUT2D eigenvalue weighted by atomic mass is 9.96. The highest BCUT2D eigenvalue weighted by molar-refractivity contribution is 5.94. The zero-order valence-corrected chi connectivity index (χ0v) is 14.5. The van der Waals surface area contributed by atoms with Gasteiger partial charge in [0, 0.05) is 38.2 Å². The van der Waals surface area contributed by atoms with Crippen molar-refractivity contribution in [1.29, 1.82) is 0 Å². The molecule has 0 saturated carbocycles. The van der Waals surface area contributed by atoms with Gasteiger partial charge in [-0.1, -0.05) is 0 Å². The minimum atomic E-state index is -0.309. The molecule has 0 N–H and O–H groups in total. The fraction of sp³-hybridized carbons (Fsp3) is 0.556. The van der Waals surface area contributed by atoms with Gasteiger partial charge in [-0.2, -0.15) is 0 Å². The van der Waals surface area contributed by atoms with E-state index in [2.05, 4.69) is 24.6 Å². The average molecular weight is 341 g/mol. The van der Waals surface area contributed by atoms with Gasteiger partial charge in [0.15, 0.2) is 0 Å². The van der Waals surface area contributed by atoms with Crippen LogP contribution in [0.1, 0.15) is 54.1 Å². The van der Waals surface area contributed by atoms with Gasteiger partial charge in [-0.15, -0.1) is 10.2 Å². The number of piperidine rings is 1. The molecule has 2 aliphatic rings. The molecule has 0 aliphatic carbocycles. The second-order valence-electron chi connectivity index (χ2n) is 6.61. The fourth-order valence-corrected chi connectivity index (χ4v) is 3.87. The number of anilines is 1. The van der Waals surface area contributed by atoms with Crippen molar-refractivity contribution in [3.8, 4) is 0 Å². The summed E-state index contributed by atoms with van der Waals surface area (Å²) in [4.78, 5) is 18.9. The Balaban J connectivity index is 1.59. The minimum Gasteiger partial charge on any atom is -0.462 e. The van der Waals surface area contributed by atoms with E-state index in [1.807, 2.05) is 6.92 Å². The third-order valence-electron chi connectivity index (χ3n) is 5.01. The second-order valence-corrected chi connectivity index (χ2v) is 6.61. The van der Waals surface area contributed by atoms with Crippen molar-refractivity contribution in [1.82, 2.24) is 19.7 Å². The Labute approximate surface area is 147 Å². The maximum Gasteiger partial charge on any atom is 0.341 e. The highest BCUT2D eigenvalue weighted by Gasteiger charge is 2.30. The highest BCUT2D eigenvalue weighted by Crippen LogP contribution is 2.31. The van der Waals surface area contributed by atoms with Gasteiger partial charge in [-0.05, 0) is 38.3 Å². The number of fused-ring (bicyclic) bond motifs is 1. The molecular formula is C18H23N5O2. The fourth-order valence-electron chi connectivity index (χ4n) is 3.87. The Hall–Kier alpha value is -2.44. The van der Waals surface area contributed by atoms with Gasteiger partial charge in [-0.25, -0.2) is 9.78 Å². The second kappa shape index (κ2) is 6.82. The van der Waals surface area contributed by atoms with Crippen molar-refractivity contribution in [2.24, 2.45) is 0 Å². The number of aryl methyl sites for hydroxylation is 1. The van der Waals surface area contributed by atoms with Crippen LogP contribution in [0.4, 0.5) is 5.82 Å². The average Bonchev–Trinajstić information content (AvgIpc) is 3.25. The molecule has 0 bridgehead atoms. The molecule has 2 aliphatic heterocycles. The third kappa shape index (κ3) is 2.99. The van der Waals surface area contributed by atoms with Crippen molar-refractivity contribution >= 4 is 11.8 Å². The number of ether oxygens (including phenoxy) is 1. The first-order valence-corrected chi connectivity index (χ1v) is 9.07. The Bertz CT molecular complexity index is 773. The van der Waals surface area contributed by atoms with Gasteiger partial charge < -0.3 is 14.2 Å². The predicted molar refractivity (Wildman–Crippen MR) is 92.7 cm³/mol. The van der Waals surface area contributed by atoms with Crippen LogP contribution in [0, 0.1) is 0 Å². The first-order valence-electron chi connectivity index (χ1n) is 9.07. The summed E-state index contributed by atoms with van der Waals surface area (Å²) in [6, 6.07) is 3.57. The third-order valence-corrected chi connectivity index (χ3v) is 5.01. The van der Waals surface area contributed by atoms with Crippen LogP contribution < -0.4 is 4.90 Å². The summed E-state index contributed by atoms with van der Waals surface area (Å²) < 4.78 is 7.46. The summed E-state index contributed by atoms with van der Waals surface area (Å²) in [5.41, 5.74) is 0.538. The van der Waals surface area contributed by atoms with Crippen molar-refractivity contribution in [2.45, 2.75) is 45.1 Å². The van der Waals surface area contributed by atoms with Gasteiger partial charge in [0.1, 0.15) is 23.0 Å². The van der Waals surface area contributed by atoms with Crippen molar-refractivity contribution < 1.29 is 9.53 Å². The van der Waals surface area contributed by atoms with Crippen LogP contribution in [-0.2, 0) is 17.7 Å². The summed E-state index contributed by atoms with van der Waals surface area (Å²) >= 11 is 0.